The highest BCUT2D eigenvalue weighted by molar-refractivity contribution is 6.21. The summed E-state index contributed by atoms with van der Waals surface area (Å²) in [5.41, 5.74) is 11.3. The summed E-state index contributed by atoms with van der Waals surface area (Å²) in [7, 11) is 0. The Balaban J connectivity index is 1.50. The van der Waals surface area contributed by atoms with Crippen molar-refractivity contribution < 1.29 is 0 Å². The van der Waals surface area contributed by atoms with Crippen molar-refractivity contribution >= 4 is 32.7 Å². The van der Waals surface area contributed by atoms with E-state index in [-0.39, 0.29) is 0 Å². The van der Waals surface area contributed by atoms with Crippen LogP contribution in [-0.2, 0) is 6.42 Å². The topological polar surface area (TPSA) is 17.8 Å². The summed E-state index contributed by atoms with van der Waals surface area (Å²) in [5.74, 6) is 1.09. The van der Waals surface area contributed by atoms with Gasteiger partial charge in [-0.3, -0.25) is 4.57 Å². The SMILES string of the molecule is CC1=CCCc2nc(C3=CC=CCC3)n(-c3ccc4c(-c5ccccc5)c5ccccc5c(-c5ccccc5)c4c3)c21. The molecule has 2 aliphatic rings. The maximum atomic E-state index is 5.30. The van der Waals surface area contributed by atoms with Crippen LogP contribution in [0.2, 0.25) is 0 Å². The van der Waals surface area contributed by atoms with Crippen LogP contribution in [0.1, 0.15) is 43.4 Å². The van der Waals surface area contributed by atoms with E-state index in [1.807, 2.05) is 0 Å². The number of hydrogen-bond donors (Lipinski definition) is 0. The van der Waals surface area contributed by atoms with Crippen LogP contribution in [0.5, 0.6) is 0 Å². The molecule has 8 rings (SSSR count). The molecule has 6 aromatic rings. The molecule has 0 aliphatic heterocycles. The average Bonchev–Trinajstić information content (AvgIpc) is 3.46. The van der Waals surface area contributed by atoms with Gasteiger partial charge in [0.15, 0.2) is 0 Å². The largest absolute Gasteiger partial charge is 0.293 e. The summed E-state index contributed by atoms with van der Waals surface area (Å²) in [4.78, 5) is 5.30. The number of aromatic nitrogens is 2. The second-order valence-corrected chi connectivity index (χ2v) is 11.4. The Labute approximate surface area is 247 Å². The molecule has 0 amide bonds. The molecule has 0 atom stereocenters. The fourth-order valence-corrected chi connectivity index (χ4v) is 6.96. The Bertz CT molecular complexity index is 2070. The van der Waals surface area contributed by atoms with Crippen LogP contribution in [0.25, 0.3) is 60.6 Å². The molecule has 0 N–H and O–H groups in total. The fraction of sp³-hybridized carbons (Fsp3) is 0.125. The van der Waals surface area contributed by atoms with Crippen molar-refractivity contribution in [2.24, 2.45) is 0 Å². The third-order valence-electron chi connectivity index (χ3n) is 8.85. The molecule has 202 valence electrons. The van der Waals surface area contributed by atoms with Crippen LogP contribution in [0, 0.1) is 0 Å². The summed E-state index contributed by atoms with van der Waals surface area (Å²) in [5, 5.41) is 5.09. The average molecular weight is 541 g/mol. The molecule has 2 aliphatic carbocycles. The van der Waals surface area contributed by atoms with Gasteiger partial charge in [-0.05, 0) is 99.7 Å². The highest BCUT2D eigenvalue weighted by atomic mass is 15.1. The van der Waals surface area contributed by atoms with Gasteiger partial charge in [-0.25, -0.2) is 4.98 Å². The van der Waals surface area contributed by atoms with Crippen molar-refractivity contribution in [3.63, 3.8) is 0 Å². The van der Waals surface area contributed by atoms with Crippen molar-refractivity contribution in [2.45, 2.75) is 32.6 Å². The van der Waals surface area contributed by atoms with E-state index in [4.69, 9.17) is 4.98 Å². The number of imidazole rings is 1. The summed E-state index contributed by atoms with van der Waals surface area (Å²) in [6.07, 6.45) is 13.2. The molecule has 0 saturated carbocycles. The normalized spacial score (nSPS) is 14.6. The fourth-order valence-electron chi connectivity index (χ4n) is 6.96. The molecule has 0 spiro atoms. The van der Waals surface area contributed by atoms with E-state index in [1.165, 1.54) is 72.0 Å². The van der Waals surface area contributed by atoms with Crippen molar-refractivity contribution in [3.05, 3.63) is 145 Å². The van der Waals surface area contributed by atoms with Gasteiger partial charge in [-0.2, -0.15) is 0 Å². The quantitative estimate of drug-likeness (QED) is 0.203. The van der Waals surface area contributed by atoms with Crippen LogP contribution in [-0.4, -0.2) is 9.55 Å². The third kappa shape index (κ3) is 3.98. The predicted molar refractivity (Wildman–Crippen MR) is 178 cm³/mol. The number of aryl methyl sites for hydroxylation is 1. The van der Waals surface area contributed by atoms with Crippen molar-refractivity contribution in [3.8, 4) is 27.9 Å². The highest BCUT2D eigenvalue weighted by Gasteiger charge is 2.25. The molecule has 1 heterocycles. The lowest BCUT2D eigenvalue weighted by molar-refractivity contribution is 0.925. The van der Waals surface area contributed by atoms with E-state index >= 15 is 0 Å². The Morgan fingerprint density at radius 1 is 0.643 bits per heavy atom. The number of nitrogens with zero attached hydrogens (tertiary/aromatic N) is 2. The number of benzene rings is 5. The minimum absolute atomic E-state index is 0.988. The standard InChI is InChI=1S/C40H32N2/c1-27-14-13-23-36-39(27)42(40(41-36)30-19-9-4-10-20-30)31-24-25-34-35(26-31)38(29-17-7-3-8-18-29)33-22-12-11-21-32(33)37(34)28-15-5-2-6-16-28/h2-9,11-12,14-19,21-22,24-26H,10,13,20,23H2,1H3. The van der Waals surface area contributed by atoms with Gasteiger partial charge in [0.1, 0.15) is 5.82 Å². The Hall–Kier alpha value is -4.95. The molecule has 0 saturated heterocycles. The van der Waals surface area contributed by atoms with E-state index in [9.17, 15) is 0 Å². The van der Waals surface area contributed by atoms with E-state index in [1.54, 1.807) is 0 Å². The van der Waals surface area contributed by atoms with Crippen LogP contribution in [0.15, 0.2) is 127 Å². The van der Waals surface area contributed by atoms with E-state index in [0.717, 1.165) is 31.5 Å². The summed E-state index contributed by atoms with van der Waals surface area (Å²) >= 11 is 0. The van der Waals surface area contributed by atoms with Crippen molar-refractivity contribution in [2.75, 3.05) is 0 Å². The lowest BCUT2D eigenvalue weighted by Gasteiger charge is -2.21. The second kappa shape index (κ2) is 10.2. The maximum Gasteiger partial charge on any atom is 0.141 e. The molecular weight excluding hydrogens is 508 g/mol. The molecular formula is C40H32N2. The van der Waals surface area contributed by atoms with Gasteiger partial charge < -0.3 is 0 Å². The first-order valence-electron chi connectivity index (χ1n) is 15.0. The highest BCUT2D eigenvalue weighted by Crippen LogP contribution is 2.45. The van der Waals surface area contributed by atoms with Gasteiger partial charge >= 0.3 is 0 Å². The van der Waals surface area contributed by atoms with Crippen molar-refractivity contribution in [1.29, 1.82) is 0 Å². The lowest BCUT2D eigenvalue weighted by Crippen LogP contribution is -2.07. The smallest absolute Gasteiger partial charge is 0.141 e. The summed E-state index contributed by atoms with van der Waals surface area (Å²) in [6, 6.07) is 37.7. The number of hydrogen-bond acceptors (Lipinski definition) is 1. The van der Waals surface area contributed by atoms with Gasteiger partial charge in [0.05, 0.1) is 11.4 Å². The number of fused-ring (bicyclic) bond motifs is 3. The number of allylic oxidation sites excluding steroid dienone is 6. The van der Waals surface area contributed by atoms with Gasteiger partial charge in [-0.1, -0.05) is 115 Å². The van der Waals surface area contributed by atoms with Crippen LogP contribution < -0.4 is 0 Å². The van der Waals surface area contributed by atoms with Crippen molar-refractivity contribution in [1.82, 2.24) is 9.55 Å². The minimum Gasteiger partial charge on any atom is -0.293 e. The third-order valence-corrected chi connectivity index (χ3v) is 8.85. The van der Waals surface area contributed by atoms with E-state index in [2.05, 4.69) is 139 Å². The van der Waals surface area contributed by atoms with E-state index < -0.39 is 0 Å². The first-order chi connectivity index (χ1) is 20.8. The van der Waals surface area contributed by atoms with Crippen LogP contribution >= 0.6 is 0 Å². The van der Waals surface area contributed by atoms with Gasteiger partial charge in [-0.15, -0.1) is 0 Å². The second-order valence-electron chi connectivity index (χ2n) is 11.4. The van der Waals surface area contributed by atoms with Gasteiger partial charge in [0.25, 0.3) is 0 Å². The minimum atomic E-state index is 0.988. The summed E-state index contributed by atoms with van der Waals surface area (Å²) in [6.45, 7) is 2.24. The van der Waals surface area contributed by atoms with Crippen LogP contribution in [0.4, 0.5) is 0 Å². The van der Waals surface area contributed by atoms with Gasteiger partial charge in [0, 0.05) is 5.69 Å². The Morgan fingerprint density at radius 2 is 1.29 bits per heavy atom. The van der Waals surface area contributed by atoms with E-state index in [0.29, 0.717) is 0 Å². The molecule has 0 fully saturated rings. The van der Waals surface area contributed by atoms with Gasteiger partial charge in [0.2, 0.25) is 0 Å². The molecule has 42 heavy (non-hydrogen) atoms. The molecule has 5 aromatic carbocycles. The first-order valence-corrected chi connectivity index (χ1v) is 15.0. The molecule has 1 aromatic heterocycles. The maximum absolute atomic E-state index is 5.30. The Kier molecular flexibility index (Phi) is 6.00. The zero-order chi connectivity index (χ0) is 28.0. The summed E-state index contributed by atoms with van der Waals surface area (Å²) < 4.78 is 2.44. The monoisotopic (exact) mass is 540 g/mol. The zero-order valence-corrected chi connectivity index (χ0v) is 23.8. The zero-order valence-electron chi connectivity index (χ0n) is 23.8. The first kappa shape index (κ1) is 24.8. The number of rotatable bonds is 4. The molecule has 2 nitrogen and oxygen atoms in total. The molecule has 2 heteroatoms. The molecule has 0 unspecified atom stereocenters. The molecule has 0 bridgehead atoms. The predicted octanol–water partition coefficient (Wildman–Crippen LogP) is 10.6. The molecule has 0 radical (unpaired) electrons. The lowest BCUT2D eigenvalue weighted by atomic mass is 9.86. The van der Waals surface area contributed by atoms with Crippen LogP contribution in [0.3, 0.4) is 0 Å². The Morgan fingerprint density at radius 3 is 1.95 bits per heavy atom.